The molecule has 0 unspecified atom stereocenters. The molecule has 0 saturated carbocycles. The number of hydroxylamine groups is 1. The van der Waals surface area contributed by atoms with Crippen LogP contribution in [-0.4, -0.2) is 25.4 Å². The maximum Gasteiger partial charge on any atom is 0.0673 e. The van der Waals surface area contributed by atoms with Crippen LogP contribution in [0.3, 0.4) is 0 Å². The number of nitrogens with one attached hydrogen (secondary N) is 1. The summed E-state index contributed by atoms with van der Waals surface area (Å²) in [5.41, 5.74) is 3.04. The average molecular weight is 132 g/mol. The molecule has 0 atom stereocenters. The van der Waals surface area contributed by atoms with Crippen LogP contribution in [0.4, 0.5) is 0 Å². The molecule has 0 aromatic carbocycles. The summed E-state index contributed by atoms with van der Waals surface area (Å²) in [6, 6.07) is 0. The van der Waals surface area contributed by atoms with Gasteiger partial charge in [0.05, 0.1) is 6.61 Å². The molecule has 0 aliphatic carbocycles. The Morgan fingerprint density at radius 2 is 2.11 bits per heavy atom. The molecule has 0 saturated heterocycles. The van der Waals surface area contributed by atoms with Gasteiger partial charge >= 0.3 is 0 Å². The molecule has 0 spiro atoms. The number of hydrazine groups is 1. The van der Waals surface area contributed by atoms with Crippen LogP contribution in [0.15, 0.2) is 0 Å². The van der Waals surface area contributed by atoms with Gasteiger partial charge < -0.3 is 0 Å². The number of hydrogen-bond acceptors (Lipinski definition) is 3. The van der Waals surface area contributed by atoms with Crippen LogP contribution in [0.5, 0.6) is 0 Å². The second-order valence-electron chi connectivity index (χ2n) is 1.82. The van der Waals surface area contributed by atoms with Gasteiger partial charge in [-0.25, -0.2) is 5.43 Å². The minimum absolute atomic E-state index is 0.715. The summed E-state index contributed by atoms with van der Waals surface area (Å²) < 4.78 is 0. The standard InChI is InChI=1S/C6H16N2O/c1-4-6-7-8(3)9-5-2/h7H,4-6H2,1-3H3. The SMILES string of the molecule is CCCNN(C)OCC. The summed E-state index contributed by atoms with van der Waals surface area (Å²) >= 11 is 0. The van der Waals surface area contributed by atoms with Gasteiger partial charge in [0.1, 0.15) is 0 Å². The van der Waals surface area contributed by atoms with Crippen LogP contribution in [0.2, 0.25) is 0 Å². The zero-order valence-electron chi connectivity index (χ0n) is 6.48. The highest BCUT2D eigenvalue weighted by molar-refractivity contribution is 4.30. The first-order chi connectivity index (χ1) is 4.31. The minimum Gasteiger partial charge on any atom is -0.285 e. The van der Waals surface area contributed by atoms with Crippen LogP contribution in [0, 0.1) is 0 Å². The fourth-order valence-electron chi connectivity index (χ4n) is 0.509. The Kier molecular flexibility index (Phi) is 5.93. The normalized spacial score (nSPS) is 10.7. The molecule has 0 aromatic rings. The van der Waals surface area contributed by atoms with Crippen molar-refractivity contribution in [2.45, 2.75) is 20.3 Å². The summed E-state index contributed by atoms with van der Waals surface area (Å²) in [4.78, 5) is 5.07. The molecule has 3 nitrogen and oxygen atoms in total. The van der Waals surface area contributed by atoms with Gasteiger partial charge in [0.15, 0.2) is 0 Å². The van der Waals surface area contributed by atoms with Crippen molar-refractivity contribution in [3.05, 3.63) is 0 Å². The summed E-state index contributed by atoms with van der Waals surface area (Å²) in [5.74, 6) is 0. The highest BCUT2D eigenvalue weighted by atomic mass is 16.7. The molecule has 3 heteroatoms. The smallest absolute Gasteiger partial charge is 0.0673 e. The minimum atomic E-state index is 0.715. The van der Waals surface area contributed by atoms with Crippen molar-refractivity contribution in [2.75, 3.05) is 20.2 Å². The van der Waals surface area contributed by atoms with E-state index in [4.69, 9.17) is 4.84 Å². The lowest BCUT2D eigenvalue weighted by Gasteiger charge is -2.15. The Morgan fingerprint density at radius 3 is 2.56 bits per heavy atom. The van der Waals surface area contributed by atoms with Crippen molar-refractivity contribution in [1.29, 1.82) is 0 Å². The predicted octanol–water partition coefficient (Wildman–Crippen LogP) is 0.784. The number of nitrogens with zero attached hydrogens (tertiary/aromatic N) is 1. The molecule has 56 valence electrons. The Bertz CT molecular complexity index is 59.0. The van der Waals surface area contributed by atoms with Crippen LogP contribution in [0.1, 0.15) is 20.3 Å². The van der Waals surface area contributed by atoms with Gasteiger partial charge in [-0.3, -0.25) is 4.84 Å². The molecule has 0 bridgehead atoms. The highest BCUT2D eigenvalue weighted by Gasteiger charge is 1.90. The van der Waals surface area contributed by atoms with E-state index in [9.17, 15) is 0 Å². The monoisotopic (exact) mass is 132 g/mol. The van der Waals surface area contributed by atoms with Gasteiger partial charge in [-0.15, -0.1) is 5.17 Å². The van der Waals surface area contributed by atoms with Gasteiger partial charge in [0.2, 0.25) is 0 Å². The van der Waals surface area contributed by atoms with E-state index in [1.807, 2.05) is 14.0 Å². The van der Waals surface area contributed by atoms with Crippen LogP contribution in [0.25, 0.3) is 0 Å². The zero-order chi connectivity index (χ0) is 7.11. The summed E-state index contributed by atoms with van der Waals surface area (Å²) in [6.45, 7) is 5.76. The molecule has 0 aliphatic rings. The number of rotatable bonds is 5. The van der Waals surface area contributed by atoms with E-state index >= 15 is 0 Å². The van der Waals surface area contributed by atoms with Crippen LogP contribution >= 0.6 is 0 Å². The van der Waals surface area contributed by atoms with Crippen LogP contribution in [-0.2, 0) is 4.84 Å². The van der Waals surface area contributed by atoms with Gasteiger partial charge in [-0.05, 0) is 13.3 Å². The van der Waals surface area contributed by atoms with Crippen molar-refractivity contribution in [1.82, 2.24) is 10.6 Å². The first-order valence-electron chi connectivity index (χ1n) is 3.41. The molecule has 0 heterocycles. The second kappa shape index (κ2) is 6.01. The fourth-order valence-corrected chi connectivity index (χ4v) is 0.509. The third-order valence-corrected chi connectivity index (χ3v) is 0.907. The molecule has 9 heavy (non-hydrogen) atoms. The predicted molar refractivity (Wildman–Crippen MR) is 37.7 cm³/mol. The van der Waals surface area contributed by atoms with E-state index in [-0.39, 0.29) is 0 Å². The van der Waals surface area contributed by atoms with Gasteiger partial charge in [0.25, 0.3) is 0 Å². The quantitative estimate of drug-likeness (QED) is 0.559. The van der Waals surface area contributed by atoms with E-state index in [0.717, 1.165) is 13.0 Å². The largest absolute Gasteiger partial charge is 0.285 e. The zero-order valence-corrected chi connectivity index (χ0v) is 6.48. The fraction of sp³-hybridized carbons (Fsp3) is 1.00. The van der Waals surface area contributed by atoms with Crippen molar-refractivity contribution in [2.24, 2.45) is 0 Å². The highest BCUT2D eigenvalue weighted by Crippen LogP contribution is 1.78. The molecule has 0 radical (unpaired) electrons. The molecular formula is C6H16N2O. The van der Waals surface area contributed by atoms with Gasteiger partial charge in [-0.2, -0.15) is 0 Å². The lowest BCUT2D eigenvalue weighted by Crippen LogP contribution is -2.34. The molecule has 0 fully saturated rings. The third-order valence-electron chi connectivity index (χ3n) is 0.907. The van der Waals surface area contributed by atoms with Crippen molar-refractivity contribution < 1.29 is 4.84 Å². The summed E-state index contributed by atoms with van der Waals surface area (Å²) in [5, 5.41) is 1.64. The molecule has 0 aliphatic heterocycles. The maximum atomic E-state index is 5.07. The molecular weight excluding hydrogens is 116 g/mol. The van der Waals surface area contributed by atoms with E-state index in [1.54, 1.807) is 5.17 Å². The van der Waals surface area contributed by atoms with Crippen molar-refractivity contribution in [3.63, 3.8) is 0 Å². The lowest BCUT2D eigenvalue weighted by molar-refractivity contribution is -0.172. The molecule has 0 rings (SSSR count). The first kappa shape index (κ1) is 8.88. The van der Waals surface area contributed by atoms with E-state index < -0.39 is 0 Å². The average Bonchev–Trinajstić information content (AvgIpc) is 1.85. The van der Waals surface area contributed by atoms with Crippen molar-refractivity contribution >= 4 is 0 Å². The Labute approximate surface area is 56.9 Å². The topological polar surface area (TPSA) is 24.5 Å². The first-order valence-corrected chi connectivity index (χ1v) is 3.41. The van der Waals surface area contributed by atoms with E-state index in [0.29, 0.717) is 6.61 Å². The molecule has 1 N–H and O–H groups in total. The summed E-state index contributed by atoms with van der Waals surface area (Å²) in [6.07, 6.45) is 1.12. The summed E-state index contributed by atoms with van der Waals surface area (Å²) in [7, 11) is 1.86. The lowest BCUT2D eigenvalue weighted by atomic mass is 10.5. The Hall–Kier alpha value is -0.120. The van der Waals surface area contributed by atoms with Gasteiger partial charge in [-0.1, -0.05) is 6.92 Å². The van der Waals surface area contributed by atoms with E-state index in [1.165, 1.54) is 0 Å². The third kappa shape index (κ3) is 5.76. The van der Waals surface area contributed by atoms with Crippen LogP contribution < -0.4 is 5.43 Å². The van der Waals surface area contributed by atoms with Gasteiger partial charge in [0, 0.05) is 13.6 Å². The maximum absolute atomic E-state index is 5.07. The van der Waals surface area contributed by atoms with Crippen molar-refractivity contribution in [3.8, 4) is 0 Å². The van der Waals surface area contributed by atoms with E-state index in [2.05, 4.69) is 12.3 Å². The molecule has 0 aromatic heterocycles. The Balaban J connectivity index is 2.95. The Morgan fingerprint density at radius 1 is 1.44 bits per heavy atom. The molecule has 0 amide bonds. The second-order valence-corrected chi connectivity index (χ2v) is 1.82. The number of hydrogen-bond donors (Lipinski definition) is 1.